The molecule has 1 heterocycles. The molecule has 0 aliphatic carbocycles. The van der Waals surface area contributed by atoms with Gasteiger partial charge in [0, 0.05) is 11.5 Å². The second kappa shape index (κ2) is 5.32. The summed E-state index contributed by atoms with van der Waals surface area (Å²) >= 11 is 1.73. The minimum atomic E-state index is -4.19. The molecular formula is C9H10ClO4S+. The van der Waals surface area contributed by atoms with Crippen LogP contribution in [-0.2, 0) is 0 Å². The summed E-state index contributed by atoms with van der Waals surface area (Å²) in [7, 11) is -4.19. The van der Waals surface area contributed by atoms with E-state index in [1.807, 2.05) is 0 Å². The fourth-order valence-electron chi connectivity index (χ4n) is 0.995. The Labute approximate surface area is 92.4 Å². The molecule has 0 fully saturated rings. The van der Waals surface area contributed by atoms with Crippen LogP contribution in [0.1, 0.15) is 0 Å². The van der Waals surface area contributed by atoms with Gasteiger partial charge in [-0.1, -0.05) is 18.2 Å². The molecule has 15 heavy (non-hydrogen) atoms. The van der Waals surface area contributed by atoms with Crippen LogP contribution in [0.3, 0.4) is 0 Å². The molecule has 3 N–H and O–H groups in total. The van der Waals surface area contributed by atoms with Gasteiger partial charge in [-0.05, 0) is 11.5 Å². The van der Waals surface area contributed by atoms with Crippen LogP contribution in [0, 0.1) is 10.2 Å². The minimum Gasteiger partial charge on any atom is -0.0616 e. The zero-order valence-electron chi connectivity index (χ0n) is 7.58. The van der Waals surface area contributed by atoms with Crippen LogP contribution in [0.2, 0.25) is 0 Å². The molecule has 0 atom stereocenters. The molecule has 0 aliphatic rings. The normalized spacial score (nSPS) is 11.7. The van der Waals surface area contributed by atoms with E-state index in [9.17, 15) is 0 Å². The first-order valence-corrected chi connectivity index (χ1v) is 6.14. The second-order valence-electron chi connectivity index (χ2n) is 2.62. The zero-order chi connectivity index (χ0) is 11.3. The smallest absolute Gasteiger partial charge is 0.0616 e. The van der Waals surface area contributed by atoms with Crippen molar-refractivity contribution in [1.29, 1.82) is 0 Å². The van der Waals surface area contributed by atoms with E-state index in [1.165, 1.54) is 10.8 Å². The summed E-state index contributed by atoms with van der Waals surface area (Å²) in [5.41, 5.74) is 0. The van der Waals surface area contributed by atoms with Gasteiger partial charge in [-0.2, -0.15) is 0 Å². The van der Waals surface area contributed by atoms with Gasteiger partial charge in [-0.25, -0.2) is 0 Å². The maximum absolute atomic E-state index is 8.83. The predicted octanol–water partition coefficient (Wildman–Crippen LogP) is 0.322. The monoisotopic (exact) mass is 249 g/mol. The molecule has 1 aromatic carbocycles. The van der Waals surface area contributed by atoms with Crippen LogP contribution in [0.15, 0.2) is 41.1 Å². The van der Waals surface area contributed by atoms with Crippen molar-refractivity contribution >= 4 is 22.1 Å². The third-order valence-corrected chi connectivity index (χ3v) is 2.20. The molecule has 0 saturated carbocycles. The summed E-state index contributed by atoms with van der Waals surface area (Å²) in [5.74, 6) is 0. The SMILES string of the molecule is [O-][Cl+](O)(O)O.c1ccc2c[s+]ccc2c1. The van der Waals surface area contributed by atoms with Crippen LogP contribution in [0.5, 0.6) is 0 Å². The zero-order valence-corrected chi connectivity index (χ0v) is 9.15. The Morgan fingerprint density at radius 3 is 2.07 bits per heavy atom. The van der Waals surface area contributed by atoms with Gasteiger partial charge in [0.25, 0.3) is 0 Å². The molecule has 6 heteroatoms. The Morgan fingerprint density at radius 1 is 1.00 bits per heavy atom. The van der Waals surface area contributed by atoms with E-state index in [4.69, 9.17) is 18.6 Å². The Kier molecular flexibility index (Phi) is 4.34. The molecule has 0 saturated heterocycles. The first kappa shape index (κ1) is 12.3. The molecule has 0 bridgehead atoms. The average Bonchev–Trinajstić information content (AvgIpc) is 2.16. The largest absolute Gasteiger partial charge is 0.212 e. The molecule has 2 aromatic rings. The molecule has 0 radical (unpaired) electrons. The second-order valence-corrected chi connectivity index (χ2v) is 4.27. The van der Waals surface area contributed by atoms with Crippen LogP contribution < -0.4 is 4.66 Å². The van der Waals surface area contributed by atoms with Gasteiger partial charge in [-0.15, -0.1) is 0 Å². The maximum atomic E-state index is 8.83. The van der Waals surface area contributed by atoms with Gasteiger partial charge in [-0.3, -0.25) is 0 Å². The molecule has 0 unspecified atom stereocenters. The fraction of sp³-hybridized carbons (Fsp3) is 0. The molecule has 1 aromatic heterocycles. The predicted molar refractivity (Wildman–Crippen MR) is 52.9 cm³/mol. The Morgan fingerprint density at radius 2 is 1.53 bits per heavy atom. The van der Waals surface area contributed by atoms with Gasteiger partial charge in [0.1, 0.15) is 0 Å². The molecule has 0 aliphatic heterocycles. The van der Waals surface area contributed by atoms with E-state index < -0.39 is 10.2 Å². The van der Waals surface area contributed by atoms with Gasteiger partial charge in [0.15, 0.2) is 5.38 Å². The molecular weight excluding hydrogens is 240 g/mol. The number of rotatable bonds is 0. The van der Waals surface area contributed by atoms with Gasteiger partial charge in [0.05, 0.1) is 0 Å². The van der Waals surface area contributed by atoms with Crippen molar-refractivity contribution < 1.29 is 28.9 Å². The Bertz CT molecular complexity index is 358. The fourth-order valence-corrected chi connectivity index (χ4v) is 1.66. The van der Waals surface area contributed by atoms with Crippen LogP contribution in [0.4, 0.5) is 0 Å². The number of hydrogen-bond donors (Lipinski definition) is 3. The first-order chi connectivity index (χ1) is 6.97. The number of benzene rings is 1. The van der Waals surface area contributed by atoms with E-state index in [0.29, 0.717) is 0 Å². The van der Waals surface area contributed by atoms with Crippen molar-refractivity contribution in [3.05, 3.63) is 41.1 Å². The van der Waals surface area contributed by atoms with E-state index in [1.54, 1.807) is 11.3 Å². The van der Waals surface area contributed by atoms with Crippen LogP contribution in [0.25, 0.3) is 10.8 Å². The van der Waals surface area contributed by atoms with Crippen molar-refractivity contribution in [2.75, 3.05) is 0 Å². The topological polar surface area (TPSA) is 83.8 Å². The van der Waals surface area contributed by atoms with Crippen molar-refractivity contribution in [1.82, 2.24) is 0 Å². The minimum absolute atomic E-state index is 1.32. The number of fused-ring (bicyclic) bond motifs is 1. The van der Waals surface area contributed by atoms with E-state index >= 15 is 0 Å². The molecule has 4 nitrogen and oxygen atoms in total. The quantitative estimate of drug-likeness (QED) is 0.588. The summed E-state index contributed by atoms with van der Waals surface area (Å²) < 4.78 is 30.2. The summed E-state index contributed by atoms with van der Waals surface area (Å²) in [6, 6.07) is 10.5. The van der Waals surface area contributed by atoms with Crippen LogP contribution >= 0.6 is 11.3 Å². The van der Waals surface area contributed by atoms with E-state index in [0.717, 1.165) is 0 Å². The molecule has 0 spiro atoms. The Hall–Kier alpha value is -0.820. The summed E-state index contributed by atoms with van der Waals surface area (Å²) in [6.07, 6.45) is 0. The van der Waals surface area contributed by atoms with Crippen molar-refractivity contribution in [2.24, 2.45) is 0 Å². The molecule has 0 amide bonds. The van der Waals surface area contributed by atoms with Crippen LogP contribution in [-0.4, -0.2) is 14.0 Å². The first-order valence-electron chi connectivity index (χ1n) is 3.87. The third-order valence-electron chi connectivity index (χ3n) is 1.52. The Balaban J connectivity index is 0.000000195. The summed E-state index contributed by atoms with van der Waals surface area (Å²) in [6.45, 7) is 0. The summed E-state index contributed by atoms with van der Waals surface area (Å²) in [5, 5.41) is 6.91. The average molecular weight is 250 g/mol. The van der Waals surface area contributed by atoms with E-state index in [-0.39, 0.29) is 0 Å². The number of hydrogen-bond acceptors (Lipinski definition) is 4. The summed E-state index contributed by atoms with van der Waals surface area (Å²) in [4.78, 5) is 0. The maximum Gasteiger partial charge on any atom is 0.212 e. The molecule has 82 valence electrons. The van der Waals surface area contributed by atoms with Crippen molar-refractivity contribution in [3.63, 3.8) is 0 Å². The van der Waals surface area contributed by atoms with Gasteiger partial charge >= 0.3 is 28.9 Å². The molecule has 2 rings (SSSR count). The van der Waals surface area contributed by atoms with Gasteiger partial charge < -0.3 is 0 Å². The van der Waals surface area contributed by atoms with E-state index in [2.05, 4.69) is 41.1 Å². The van der Waals surface area contributed by atoms with Crippen molar-refractivity contribution in [2.45, 2.75) is 0 Å². The van der Waals surface area contributed by atoms with Crippen molar-refractivity contribution in [3.8, 4) is 0 Å². The number of halogens is 1. The third kappa shape index (κ3) is 5.58. The van der Waals surface area contributed by atoms with Gasteiger partial charge in [0.2, 0.25) is 16.7 Å². The standard InChI is InChI=1S/C9H7S.ClH3O4/c1-2-4-9-7-10-6-5-8(9)3-1;2-1(3,4)5/h1-7H;2-4H/q+1;.